The van der Waals surface area contributed by atoms with Crippen LogP contribution in [0.3, 0.4) is 0 Å². The fourth-order valence-corrected chi connectivity index (χ4v) is 3.51. The number of methoxy groups -OCH3 is 1. The van der Waals surface area contributed by atoms with Crippen LogP contribution in [0.4, 0.5) is 4.79 Å². The van der Waals surface area contributed by atoms with Crippen LogP contribution in [0.1, 0.15) is 35.9 Å². The number of benzene rings is 1. The predicted molar refractivity (Wildman–Crippen MR) is 105 cm³/mol. The molecule has 0 saturated carbocycles. The Hall–Kier alpha value is -2.83. The van der Waals surface area contributed by atoms with Gasteiger partial charge in [-0.25, -0.2) is 9.78 Å². The smallest absolute Gasteiger partial charge is 0.409 e. The number of piperidine rings is 1. The first-order valence-electron chi connectivity index (χ1n) is 9.72. The first-order valence-corrected chi connectivity index (χ1v) is 9.72. The number of Topliss-reactive ketones (excluding diaryl/α,β-unsaturated/α-hetero) is 1. The average molecular weight is 385 g/mol. The SMILES string of the molecule is CCOC(=O)N1CCC(C(=O)c2nccn2CCc2cccc(OC)c2)CC1. The fraction of sp³-hybridized carbons (Fsp3) is 0.476. The first-order chi connectivity index (χ1) is 13.6. The molecule has 1 saturated heterocycles. The number of hydrogen-bond acceptors (Lipinski definition) is 5. The largest absolute Gasteiger partial charge is 0.497 e. The summed E-state index contributed by atoms with van der Waals surface area (Å²) >= 11 is 0. The number of carbonyl (C=O) groups is 2. The minimum absolute atomic E-state index is 0.0548. The van der Waals surface area contributed by atoms with Gasteiger partial charge in [0.15, 0.2) is 5.82 Å². The highest BCUT2D eigenvalue weighted by Crippen LogP contribution is 2.22. The lowest BCUT2D eigenvalue weighted by Gasteiger charge is -2.30. The number of aryl methyl sites for hydroxylation is 2. The van der Waals surface area contributed by atoms with E-state index in [9.17, 15) is 9.59 Å². The number of ketones is 1. The van der Waals surface area contributed by atoms with Gasteiger partial charge in [-0.05, 0) is 43.9 Å². The predicted octanol–water partition coefficient (Wildman–Crippen LogP) is 3.19. The highest BCUT2D eigenvalue weighted by atomic mass is 16.6. The Kier molecular flexibility index (Phi) is 6.68. The molecule has 3 rings (SSSR count). The normalized spacial score (nSPS) is 14.7. The molecule has 1 aliphatic heterocycles. The molecule has 0 radical (unpaired) electrons. The van der Waals surface area contributed by atoms with Crippen molar-refractivity contribution in [1.82, 2.24) is 14.5 Å². The molecule has 0 atom stereocenters. The summed E-state index contributed by atoms with van der Waals surface area (Å²) in [6, 6.07) is 7.93. The molecule has 1 aromatic heterocycles. The van der Waals surface area contributed by atoms with E-state index in [0.29, 0.717) is 44.9 Å². The number of ether oxygens (including phenoxy) is 2. The zero-order chi connectivity index (χ0) is 19.9. The molecule has 1 aromatic carbocycles. The van der Waals surface area contributed by atoms with Crippen LogP contribution in [0.15, 0.2) is 36.7 Å². The second-order valence-electron chi connectivity index (χ2n) is 6.87. The van der Waals surface area contributed by atoms with Gasteiger partial charge in [-0.15, -0.1) is 0 Å². The lowest BCUT2D eigenvalue weighted by Crippen LogP contribution is -2.41. The summed E-state index contributed by atoms with van der Waals surface area (Å²) in [5.74, 6) is 1.27. The lowest BCUT2D eigenvalue weighted by molar-refractivity contribution is 0.0743. The Morgan fingerprint density at radius 2 is 2.04 bits per heavy atom. The van der Waals surface area contributed by atoms with E-state index in [2.05, 4.69) is 4.98 Å². The van der Waals surface area contributed by atoms with E-state index in [1.807, 2.05) is 35.0 Å². The molecule has 0 spiro atoms. The van der Waals surface area contributed by atoms with Crippen molar-refractivity contribution in [2.24, 2.45) is 5.92 Å². The third-order valence-corrected chi connectivity index (χ3v) is 5.10. The van der Waals surface area contributed by atoms with Crippen LogP contribution < -0.4 is 4.74 Å². The van der Waals surface area contributed by atoms with Gasteiger partial charge in [0.25, 0.3) is 0 Å². The van der Waals surface area contributed by atoms with Gasteiger partial charge in [-0.3, -0.25) is 4.79 Å². The Labute approximate surface area is 165 Å². The Balaban J connectivity index is 1.58. The topological polar surface area (TPSA) is 73.7 Å². The van der Waals surface area contributed by atoms with Crippen molar-refractivity contribution >= 4 is 11.9 Å². The van der Waals surface area contributed by atoms with Crippen molar-refractivity contribution in [1.29, 1.82) is 0 Å². The second-order valence-corrected chi connectivity index (χ2v) is 6.87. The van der Waals surface area contributed by atoms with Crippen LogP contribution >= 0.6 is 0 Å². The van der Waals surface area contributed by atoms with Gasteiger partial charge in [0.05, 0.1) is 13.7 Å². The maximum Gasteiger partial charge on any atom is 0.409 e. The number of likely N-dealkylation sites (tertiary alicyclic amines) is 1. The van der Waals surface area contributed by atoms with Crippen molar-refractivity contribution in [3.05, 3.63) is 48.0 Å². The Bertz CT molecular complexity index is 809. The van der Waals surface area contributed by atoms with Gasteiger partial charge < -0.3 is 18.9 Å². The zero-order valence-electron chi connectivity index (χ0n) is 16.5. The summed E-state index contributed by atoms with van der Waals surface area (Å²) < 4.78 is 12.2. The number of aromatic nitrogens is 2. The van der Waals surface area contributed by atoms with Crippen molar-refractivity contribution < 1.29 is 19.1 Å². The first kappa shape index (κ1) is 19.9. The van der Waals surface area contributed by atoms with Crippen LogP contribution in [0.2, 0.25) is 0 Å². The summed E-state index contributed by atoms with van der Waals surface area (Å²) in [5, 5.41) is 0. The van der Waals surface area contributed by atoms with Gasteiger partial charge in [-0.2, -0.15) is 0 Å². The molecule has 7 nitrogen and oxygen atoms in total. The van der Waals surface area contributed by atoms with E-state index in [0.717, 1.165) is 17.7 Å². The van der Waals surface area contributed by atoms with E-state index in [4.69, 9.17) is 9.47 Å². The minimum atomic E-state index is -0.298. The van der Waals surface area contributed by atoms with E-state index >= 15 is 0 Å². The molecule has 7 heteroatoms. The molecule has 0 unspecified atom stereocenters. The summed E-state index contributed by atoms with van der Waals surface area (Å²) in [7, 11) is 1.65. The maximum atomic E-state index is 13.0. The van der Waals surface area contributed by atoms with Crippen LogP contribution in [-0.4, -0.2) is 53.1 Å². The van der Waals surface area contributed by atoms with E-state index in [-0.39, 0.29) is 17.8 Å². The maximum absolute atomic E-state index is 13.0. The standard InChI is InChI=1S/C21H27N3O4/c1-3-28-21(26)24-12-8-17(9-13-24)19(25)20-22-10-14-23(20)11-7-16-5-4-6-18(15-16)27-2/h4-6,10,14-15,17H,3,7-9,11-13H2,1-2H3. The molecule has 28 heavy (non-hydrogen) atoms. The summed E-state index contributed by atoms with van der Waals surface area (Å²) in [6.45, 7) is 3.91. The average Bonchev–Trinajstić information content (AvgIpc) is 3.21. The fourth-order valence-electron chi connectivity index (χ4n) is 3.51. The molecule has 0 aliphatic carbocycles. The van der Waals surface area contributed by atoms with Gasteiger partial charge >= 0.3 is 6.09 Å². The highest BCUT2D eigenvalue weighted by Gasteiger charge is 2.30. The van der Waals surface area contributed by atoms with E-state index < -0.39 is 0 Å². The third kappa shape index (κ3) is 4.71. The molecule has 1 fully saturated rings. The summed E-state index contributed by atoms with van der Waals surface area (Å²) in [4.78, 5) is 30.7. The molecule has 0 bridgehead atoms. The molecule has 0 N–H and O–H groups in total. The lowest BCUT2D eigenvalue weighted by atomic mass is 9.92. The molecular weight excluding hydrogens is 358 g/mol. The van der Waals surface area contributed by atoms with E-state index in [1.54, 1.807) is 25.1 Å². The molecule has 1 amide bonds. The van der Waals surface area contributed by atoms with Gasteiger partial charge in [-0.1, -0.05) is 12.1 Å². The van der Waals surface area contributed by atoms with Gasteiger partial charge in [0.1, 0.15) is 5.75 Å². The zero-order valence-corrected chi connectivity index (χ0v) is 16.5. The highest BCUT2D eigenvalue weighted by molar-refractivity contribution is 5.94. The number of nitrogens with zero attached hydrogens (tertiary/aromatic N) is 3. The van der Waals surface area contributed by atoms with Gasteiger partial charge in [0.2, 0.25) is 5.78 Å². The Morgan fingerprint density at radius 3 is 2.75 bits per heavy atom. The molecule has 2 aromatic rings. The van der Waals surface area contributed by atoms with Crippen molar-refractivity contribution in [3.63, 3.8) is 0 Å². The van der Waals surface area contributed by atoms with Crippen LogP contribution in [0.5, 0.6) is 5.75 Å². The monoisotopic (exact) mass is 385 g/mol. The van der Waals surface area contributed by atoms with Crippen molar-refractivity contribution in [2.45, 2.75) is 32.7 Å². The van der Waals surface area contributed by atoms with Crippen LogP contribution in [-0.2, 0) is 17.7 Å². The molecule has 2 heterocycles. The van der Waals surface area contributed by atoms with Crippen LogP contribution in [0.25, 0.3) is 0 Å². The minimum Gasteiger partial charge on any atom is -0.497 e. The molecule has 150 valence electrons. The van der Waals surface area contributed by atoms with E-state index in [1.165, 1.54) is 0 Å². The van der Waals surface area contributed by atoms with Crippen LogP contribution in [0, 0.1) is 5.92 Å². The number of rotatable bonds is 7. The second kappa shape index (κ2) is 9.39. The number of imidazole rings is 1. The summed E-state index contributed by atoms with van der Waals surface area (Å²) in [6.07, 6.45) is 5.29. The quantitative estimate of drug-likeness (QED) is 0.685. The molecule has 1 aliphatic rings. The van der Waals surface area contributed by atoms with Crippen molar-refractivity contribution in [2.75, 3.05) is 26.8 Å². The Morgan fingerprint density at radius 1 is 1.25 bits per heavy atom. The van der Waals surface area contributed by atoms with Crippen molar-refractivity contribution in [3.8, 4) is 5.75 Å². The number of carbonyl (C=O) groups excluding carboxylic acids is 2. The van der Waals surface area contributed by atoms with Gasteiger partial charge in [0, 0.05) is 37.9 Å². The summed E-state index contributed by atoms with van der Waals surface area (Å²) in [5.41, 5.74) is 1.15. The number of amides is 1. The molecular formula is C21H27N3O4. The number of hydrogen-bond donors (Lipinski definition) is 0. The third-order valence-electron chi connectivity index (χ3n) is 5.10.